The second-order valence-electron chi connectivity index (χ2n) is 8.40. The van der Waals surface area contributed by atoms with Gasteiger partial charge in [0.2, 0.25) is 5.95 Å². The number of benzene rings is 1. The number of hydrogen-bond donors (Lipinski definition) is 1. The van der Waals surface area contributed by atoms with E-state index >= 15 is 0 Å². The summed E-state index contributed by atoms with van der Waals surface area (Å²) in [6.07, 6.45) is 5.28. The molecule has 0 bridgehead atoms. The number of aromatic amines is 1. The van der Waals surface area contributed by atoms with Gasteiger partial charge in [0.05, 0.1) is 24.3 Å². The van der Waals surface area contributed by atoms with Crippen LogP contribution in [0.15, 0.2) is 36.8 Å². The van der Waals surface area contributed by atoms with Crippen LogP contribution < -0.4 is 4.74 Å². The fraction of sp³-hybridized carbons (Fsp3) is 0.304. The van der Waals surface area contributed by atoms with E-state index in [1.165, 1.54) is 6.20 Å². The van der Waals surface area contributed by atoms with E-state index in [4.69, 9.17) is 16.3 Å². The van der Waals surface area contributed by atoms with Crippen molar-refractivity contribution in [2.45, 2.75) is 13.0 Å². The number of carbonyl (C=O) groups excluding carboxylic acids is 1. The van der Waals surface area contributed by atoms with Gasteiger partial charge in [0.25, 0.3) is 0 Å². The topological polar surface area (TPSA) is 88.9 Å². The molecule has 10 heteroatoms. The van der Waals surface area contributed by atoms with Crippen LogP contribution in [0.5, 0.6) is 5.75 Å². The molecule has 0 radical (unpaired) electrons. The fourth-order valence-electron chi connectivity index (χ4n) is 4.05. The third-order valence-corrected chi connectivity index (χ3v) is 6.04. The summed E-state index contributed by atoms with van der Waals surface area (Å²) < 4.78 is 21.8. The molecule has 0 aliphatic carbocycles. The van der Waals surface area contributed by atoms with Gasteiger partial charge in [0, 0.05) is 41.5 Å². The van der Waals surface area contributed by atoms with Crippen molar-refractivity contribution in [2.75, 3.05) is 27.2 Å². The number of rotatable bonds is 6. The van der Waals surface area contributed by atoms with Gasteiger partial charge < -0.3 is 14.2 Å². The van der Waals surface area contributed by atoms with Crippen molar-refractivity contribution in [3.05, 3.63) is 58.9 Å². The average Bonchev–Trinajstić information content (AvgIpc) is 3.39. The molecular weight excluding hydrogens is 447 g/mol. The van der Waals surface area contributed by atoms with E-state index in [0.29, 0.717) is 34.6 Å². The summed E-state index contributed by atoms with van der Waals surface area (Å²) in [5, 5.41) is 7.21. The number of aromatic nitrogens is 5. The molecule has 1 aliphatic heterocycles. The molecule has 4 heterocycles. The van der Waals surface area contributed by atoms with Gasteiger partial charge in [-0.25, -0.2) is 9.97 Å². The molecule has 1 N–H and O–H groups in total. The predicted octanol–water partition coefficient (Wildman–Crippen LogP) is 3.61. The molecule has 0 fully saturated rings. The number of nitrogens with one attached hydrogen (secondary N) is 1. The first-order valence-electron chi connectivity index (χ1n) is 10.6. The van der Waals surface area contributed by atoms with E-state index in [2.05, 4.69) is 20.2 Å². The highest BCUT2D eigenvalue weighted by Crippen LogP contribution is 2.33. The summed E-state index contributed by atoms with van der Waals surface area (Å²) in [5.41, 5.74) is 2.20. The minimum atomic E-state index is -0.603. The van der Waals surface area contributed by atoms with E-state index in [-0.39, 0.29) is 29.7 Å². The van der Waals surface area contributed by atoms with Gasteiger partial charge in [-0.15, -0.1) is 0 Å². The van der Waals surface area contributed by atoms with E-state index in [0.717, 1.165) is 17.9 Å². The Labute approximate surface area is 194 Å². The molecule has 5 rings (SSSR count). The van der Waals surface area contributed by atoms with Gasteiger partial charge in [-0.05, 0) is 44.3 Å². The maximum absolute atomic E-state index is 14.0. The highest BCUT2D eigenvalue weighted by Gasteiger charge is 2.30. The number of Topliss-reactive ketones (excluding diaryl/α,β-unsaturated/α-hetero) is 1. The second-order valence-corrected chi connectivity index (χ2v) is 8.83. The van der Waals surface area contributed by atoms with Crippen molar-refractivity contribution in [1.29, 1.82) is 0 Å². The summed E-state index contributed by atoms with van der Waals surface area (Å²) >= 11 is 6.13. The zero-order valence-corrected chi connectivity index (χ0v) is 18.9. The SMILES string of the molecule is CN(C)CCn1cc(C(=O)C2COc3ccc(Cl)cc3C2)c2cnc(-c3cn[nH]c3F)nc21. The Morgan fingerprint density at radius 3 is 2.97 bits per heavy atom. The smallest absolute Gasteiger partial charge is 0.219 e. The molecule has 33 heavy (non-hydrogen) atoms. The molecule has 1 aromatic carbocycles. The van der Waals surface area contributed by atoms with Gasteiger partial charge in [-0.2, -0.15) is 9.49 Å². The molecule has 1 atom stereocenters. The number of hydrogen-bond acceptors (Lipinski definition) is 6. The fourth-order valence-corrected chi connectivity index (χ4v) is 4.24. The maximum atomic E-state index is 14.0. The zero-order valence-electron chi connectivity index (χ0n) is 18.2. The lowest BCUT2D eigenvalue weighted by Crippen LogP contribution is -2.28. The molecule has 0 saturated heterocycles. The molecule has 170 valence electrons. The molecule has 0 spiro atoms. The lowest BCUT2D eigenvalue weighted by Gasteiger charge is -2.24. The van der Waals surface area contributed by atoms with Gasteiger partial charge in [-0.3, -0.25) is 9.89 Å². The summed E-state index contributed by atoms with van der Waals surface area (Å²) in [4.78, 5) is 24.5. The molecular formula is C23H22ClFN6O2. The van der Waals surface area contributed by atoms with Gasteiger partial charge in [0.1, 0.15) is 11.4 Å². The summed E-state index contributed by atoms with van der Waals surface area (Å²) in [6.45, 7) is 1.65. The van der Waals surface area contributed by atoms with Crippen LogP contribution in [-0.2, 0) is 13.0 Å². The first-order chi connectivity index (χ1) is 15.9. The first-order valence-corrected chi connectivity index (χ1v) is 10.9. The Hall–Kier alpha value is -3.30. The molecule has 0 amide bonds. The van der Waals surface area contributed by atoms with Gasteiger partial charge >= 0.3 is 0 Å². The Morgan fingerprint density at radius 1 is 1.36 bits per heavy atom. The number of halogens is 2. The van der Waals surface area contributed by atoms with E-state index in [9.17, 15) is 9.18 Å². The van der Waals surface area contributed by atoms with Crippen molar-refractivity contribution in [1.82, 2.24) is 29.6 Å². The number of carbonyl (C=O) groups is 1. The number of likely N-dealkylation sites (N-methyl/N-ethyl adjacent to an activating group) is 1. The zero-order chi connectivity index (χ0) is 23.1. The Kier molecular flexibility index (Phi) is 5.59. The third kappa shape index (κ3) is 4.09. The van der Waals surface area contributed by atoms with E-state index < -0.39 is 5.95 Å². The molecule has 8 nitrogen and oxygen atoms in total. The van der Waals surface area contributed by atoms with Crippen molar-refractivity contribution in [3.8, 4) is 17.1 Å². The van der Waals surface area contributed by atoms with Gasteiger partial charge in [0.15, 0.2) is 11.6 Å². The first kappa shape index (κ1) is 21.5. The Balaban J connectivity index is 1.53. The van der Waals surface area contributed by atoms with Crippen LogP contribution in [0, 0.1) is 11.9 Å². The minimum Gasteiger partial charge on any atom is -0.493 e. The number of nitrogens with zero attached hydrogens (tertiary/aromatic N) is 5. The quantitative estimate of drug-likeness (QED) is 0.435. The highest BCUT2D eigenvalue weighted by atomic mass is 35.5. The van der Waals surface area contributed by atoms with Crippen LogP contribution in [0.2, 0.25) is 5.02 Å². The average molecular weight is 469 g/mol. The van der Waals surface area contributed by atoms with Crippen LogP contribution in [0.4, 0.5) is 4.39 Å². The van der Waals surface area contributed by atoms with E-state index in [1.807, 2.05) is 41.9 Å². The van der Waals surface area contributed by atoms with Crippen LogP contribution in [-0.4, -0.2) is 62.7 Å². The number of ketones is 1. The second kappa shape index (κ2) is 8.57. The molecule has 3 aromatic heterocycles. The number of H-pyrrole nitrogens is 1. The van der Waals surface area contributed by atoms with Gasteiger partial charge in [-0.1, -0.05) is 11.6 Å². The normalized spacial score (nSPS) is 15.6. The van der Waals surface area contributed by atoms with Crippen LogP contribution in [0.1, 0.15) is 15.9 Å². The standard InChI is InChI=1S/C23H22ClFN6O2/c1-30(2)5-6-31-11-18(16-9-26-22(28-23(16)31)17-10-27-29-21(17)25)20(32)14-7-13-8-15(24)3-4-19(13)33-12-14/h3-4,8-11,14H,5-7,12H2,1-2H3,(H,27,29). The summed E-state index contributed by atoms with van der Waals surface area (Å²) in [5.74, 6) is -0.0304. The molecule has 0 saturated carbocycles. The summed E-state index contributed by atoms with van der Waals surface area (Å²) in [7, 11) is 3.95. The van der Waals surface area contributed by atoms with Crippen molar-refractivity contribution >= 4 is 28.4 Å². The van der Waals surface area contributed by atoms with Crippen LogP contribution >= 0.6 is 11.6 Å². The number of fused-ring (bicyclic) bond motifs is 2. The molecule has 1 unspecified atom stereocenters. The lowest BCUT2D eigenvalue weighted by atomic mass is 9.90. The molecule has 1 aliphatic rings. The predicted molar refractivity (Wildman–Crippen MR) is 122 cm³/mol. The van der Waals surface area contributed by atoms with Crippen LogP contribution in [0.25, 0.3) is 22.4 Å². The Morgan fingerprint density at radius 2 is 2.21 bits per heavy atom. The third-order valence-electron chi connectivity index (χ3n) is 5.80. The minimum absolute atomic E-state index is 0.0416. The summed E-state index contributed by atoms with van der Waals surface area (Å²) in [6, 6.07) is 5.44. The van der Waals surface area contributed by atoms with Crippen molar-refractivity contribution < 1.29 is 13.9 Å². The monoisotopic (exact) mass is 468 g/mol. The van der Waals surface area contributed by atoms with Crippen molar-refractivity contribution in [2.24, 2.45) is 5.92 Å². The highest BCUT2D eigenvalue weighted by molar-refractivity contribution is 6.30. The Bertz CT molecular complexity index is 1350. The maximum Gasteiger partial charge on any atom is 0.219 e. The van der Waals surface area contributed by atoms with Crippen LogP contribution in [0.3, 0.4) is 0 Å². The van der Waals surface area contributed by atoms with E-state index in [1.54, 1.807) is 12.3 Å². The lowest BCUT2D eigenvalue weighted by molar-refractivity contribution is 0.0856. The number of ether oxygens (including phenoxy) is 1. The molecule has 4 aromatic rings. The van der Waals surface area contributed by atoms with Crippen molar-refractivity contribution in [3.63, 3.8) is 0 Å². The largest absolute Gasteiger partial charge is 0.493 e.